The van der Waals surface area contributed by atoms with Gasteiger partial charge in [-0.1, -0.05) is 17.7 Å². The topological polar surface area (TPSA) is 136 Å². The van der Waals surface area contributed by atoms with Gasteiger partial charge in [0.05, 0.1) is 21.1 Å². The highest BCUT2D eigenvalue weighted by Crippen LogP contribution is 2.28. The van der Waals surface area contributed by atoms with Crippen LogP contribution in [0.5, 0.6) is 11.5 Å². The standard InChI is InChI=1S/C20H16N2O7S/c1-13-2-6-15(7-3-13)29-16-8-11-19(18(12-16)20(23)24)21-30(27,28)17-9-4-14(5-10-17)22(25)26/h2-12,21H,1H3,(H,23,24). The maximum atomic E-state index is 12.6. The van der Waals surface area contributed by atoms with E-state index in [1.807, 2.05) is 19.1 Å². The van der Waals surface area contributed by atoms with E-state index in [1.165, 1.54) is 18.2 Å². The van der Waals surface area contributed by atoms with Gasteiger partial charge in [-0.25, -0.2) is 13.2 Å². The van der Waals surface area contributed by atoms with E-state index in [1.54, 1.807) is 12.1 Å². The average Bonchev–Trinajstić information content (AvgIpc) is 2.70. The van der Waals surface area contributed by atoms with Crippen molar-refractivity contribution in [3.05, 3.63) is 88.0 Å². The summed E-state index contributed by atoms with van der Waals surface area (Å²) in [7, 11) is -4.17. The number of ether oxygens (including phenoxy) is 1. The molecule has 0 heterocycles. The predicted molar refractivity (Wildman–Crippen MR) is 109 cm³/mol. The molecule has 0 saturated carbocycles. The lowest BCUT2D eigenvalue weighted by atomic mass is 10.1. The smallest absolute Gasteiger partial charge is 0.337 e. The minimum Gasteiger partial charge on any atom is -0.478 e. The number of hydrogen-bond acceptors (Lipinski definition) is 6. The lowest BCUT2D eigenvalue weighted by Gasteiger charge is -2.13. The molecule has 0 aliphatic rings. The van der Waals surface area contributed by atoms with Crippen LogP contribution >= 0.6 is 0 Å². The summed E-state index contributed by atoms with van der Waals surface area (Å²) in [6.07, 6.45) is 0. The molecule has 0 aliphatic carbocycles. The van der Waals surface area contributed by atoms with Crippen molar-refractivity contribution in [2.45, 2.75) is 11.8 Å². The monoisotopic (exact) mass is 428 g/mol. The van der Waals surface area contributed by atoms with Crippen LogP contribution in [0.4, 0.5) is 11.4 Å². The van der Waals surface area contributed by atoms with E-state index in [9.17, 15) is 28.4 Å². The van der Waals surface area contributed by atoms with Crippen LogP contribution in [0.25, 0.3) is 0 Å². The molecule has 0 aromatic heterocycles. The average molecular weight is 428 g/mol. The second-order valence-corrected chi connectivity index (χ2v) is 7.97. The third kappa shape index (κ3) is 4.73. The van der Waals surface area contributed by atoms with Crippen molar-refractivity contribution in [2.75, 3.05) is 4.72 Å². The lowest BCUT2D eigenvalue weighted by Crippen LogP contribution is -2.15. The van der Waals surface area contributed by atoms with Gasteiger partial charge in [0, 0.05) is 12.1 Å². The molecule has 3 rings (SSSR count). The number of non-ortho nitro benzene ring substituents is 1. The summed E-state index contributed by atoms with van der Waals surface area (Å²) in [6.45, 7) is 1.91. The molecular formula is C20H16N2O7S. The first-order valence-electron chi connectivity index (χ1n) is 8.55. The molecule has 0 aliphatic heterocycles. The van der Waals surface area contributed by atoms with E-state index in [4.69, 9.17) is 4.74 Å². The quantitative estimate of drug-likeness (QED) is 0.425. The van der Waals surface area contributed by atoms with Gasteiger partial charge in [0.1, 0.15) is 11.5 Å². The molecule has 0 amide bonds. The number of sulfonamides is 1. The van der Waals surface area contributed by atoms with Gasteiger partial charge in [-0.2, -0.15) is 0 Å². The minimum atomic E-state index is -4.17. The Morgan fingerprint density at radius 1 is 1.00 bits per heavy atom. The van der Waals surface area contributed by atoms with Crippen LogP contribution in [-0.2, 0) is 10.0 Å². The fourth-order valence-electron chi connectivity index (χ4n) is 2.55. The van der Waals surface area contributed by atoms with Crippen LogP contribution in [0.15, 0.2) is 71.6 Å². The maximum Gasteiger partial charge on any atom is 0.337 e. The predicted octanol–water partition coefficient (Wildman–Crippen LogP) is 4.19. The van der Waals surface area contributed by atoms with Crippen LogP contribution in [0.2, 0.25) is 0 Å². The summed E-state index contributed by atoms with van der Waals surface area (Å²) in [6, 6.07) is 15.2. The number of anilines is 1. The molecule has 0 radical (unpaired) electrons. The van der Waals surface area contributed by atoms with Crippen molar-refractivity contribution < 1.29 is 28.0 Å². The number of nitro groups is 1. The number of rotatable bonds is 7. The van der Waals surface area contributed by atoms with Crippen molar-refractivity contribution >= 4 is 27.4 Å². The van der Waals surface area contributed by atoms with Crippen molar-refractivity contribution in [3.63, 3.8) is 0 Å². The highest BCUT2D eigenvalue weighted by molar-refractivity contribution is 7.92. The summed E-state index contributed by atoms with van der Waals surface area (Å²) in [5.41, 5.74) is 0.282. The number of nitrogens with one attached hydrogen (secondary N) is 1. The normalized spacial score (nSPS) is 11.0. The Bertz CT molecular complexity index is 1200. The molecule has 0 saturated heterocycles. The molecule has 10 heteroatoms. The fourth-order valence-corrected chi connectivity index (χ4v) is 3.63. The zero-order valence-corrected chi connectivity index (χ0v) is 16.4. The van der Waals surface area contributed by atoms with E-state index >= 15 is 0 Å². The Hall–Kier alpha value is -3.92. The zero-order chi connectivity index (χ0) is 21.9. The van der Waals surface area contributed by atoms with Crippen molar-refractivity contribution in [1.29, 1.82) is 0 Å². The largest absolute Gasteiger partial charge is 0.478 e. The number of aryl methyl sites for hydroxylation is 1. The molecule has 154 valence electrons. The van der Waals surface area contributed by atoms with E-state index in [-0.39, 0.29) is 27.6 Å². The molecule has 0 atom stereocenters. The summed E-state index contributed by atoms with van der Waals surface area (Å²) in [5.74, 6) is -0.642. The van der Waals surface area contributed by atoms with Crippen LogP contribution in [0, 0.1) is 17.0 Å². The number of carbonyl (C=O) groups is 1. The number of carboxylic acids is 1. The number of nitrogens with zero attached hydrogens (tertiary/aromatic N) is 1. The number of aromatic carboxylic acids is 1. The van der Waals surface area contributed by atoms with Gasteiger partial charge in [-0.05, 0) is 49.4 Å². The summed E-state index contributed by atoms with van der Waals surface area (Å²) in [5, 5.41) is 20.2. The van der Waals surface area contributed by atoms with Crippen LogP contribution in [-0.4, -0.2) is 24.4 Å². The van der Waals surface area contributed by atoms with E-state index < -0.39 is 20.9 Å². The van der Waals surface area contributed by atoms with Gasteiger partial charge in [-0.15, -0.1) is 0 Å². The van der Waals surface area contributed by atoms with Crippen LogP contribution in [0.3, 0.4) is 0 Å². The second kappa shape index (κ2) is 8.21. The number of hydrogen-bond donors (Lipinski definition) is 2. The highest BCUT2D eigenvalue weighted by atomic mass is 32.2. The molecule has 9 nitrogen and oxygen atoms in total. The highest BCUT2D eigenvalue weighted by Gasteiger charge is 2.20. The Kier molecular flexibility index (Phi) is 5.70. The zero-order valence-electron chi connectivity index (χ0n) is 15.6. The van der Waals surface area contributed by atoms with Gasteiger partial charge in [0.15, 0.2) is 0 Å². The van der Waals surface area contributed by atoms with Gasteiger partial charge < -0.3 is 9.84 Å². The third-order valence-electron chi connectivity index (χ3n) is 4.08. The summed E-state index contributed by atoms with van der Waals surface area (Å²) in [4.78, 5) is 21.5. The van der Waals surface area contributed by atoms with Gasteiger partial charge in [0.25, 0.3) is 15.7 Å². The molecule has 0 spiro atoms. The molecular weight excluding hydrogens is 412 g/mol. The molecule has 2 N–H and O–H groups in total. The SMILES string of the molecule is Cc1ccc(Oc2ccc(NS(=O)(=O)c3ccc([N+](=O)[O-])cc3)c(C(=O)O)c2)cc1. The maximum absolute atomic E-state index is 12.6. The summed E-state index contributed by atoms with van der Waals surface area (Å²) < 4.78 is 32.9. The van der Waals surface area contributed by atoms with Gasteiger partial charge >= 0.3 is 5.97 Å². The second-order valence-electron chi connectivity index (χ2n) is 6.28. The Morgan fingerprint density at radius 2 is 1.60 bits per heavy atom. The molecule has 30 heavy (non-hydrogen) atoms. The molecule has 3 aromatic carbocycles. The van der Waals surface area contributed by atoms with Gasteiger partial charge in [0.2, 0.25) is 0 Å². The number of carboxylic acid groups (broad SMARTS) is 1. The first-order valence-corrected chi connectivity index (χ1v) is 10.0. The van der Waals surface area contributed by atoms with E-state index in [0.717, 1.165) is 29.8 Å². The van der Waals surface area contributed by atoms with Crippen molar-refractivity contribution in [3.8, 4) is 11.5 Å². The Balaban J connectivity index is 1.88. The first kappa shape index (κ1) is 20.8. The van der Waals surface area contributed by atoms with Crippen LogP contribution < -0.4 is 9.46 Å². The minimum absolute atomic E-state index is 0.169. The fraction of sp³-hybridized carbons (Fsp3) is 0.0500. The molecule has 0 bridgehead atoms. The van der Waals surface area contributed by atoms with E-state index in [0.29, 0.717) is 5.75 Å². The van der Waals surface area contributed by atoms with Gasteiger partial charge in [-0.3, -0.25) is 14.8 Å². The third-order valence-corrected chi connectivity index (χ3v) is 5.46. The summed E-state index contributed by atoms with van der Waals surface area (Å²) >= 11 is 0. The molecule has 0 unspecified atom stereocenters. The molecule has 0 fully saturated rings. The lowest BCUT2D eigenvalue weighted by molar-refractivity contribution is -0.384. The number of nitro benzene ring substituents is 1. The Labute approximate surface area is 171 Å². The van der Waals surface area contributed by atoms with Crippen molar-refractivity contribution in [1.82, 2.24) is 0 Å². The first-order chi connectivity index (χ1) is 14.2. The Morgan fingerprint density at radius 3 is 2.17 bits per heavy atom. The van der Waals surface area contributed by atoms with Crippen molar-refractivity contribution in [2.24, 2.45) is 0 Å². The van der Waals surface area contributed by atoms with Crippen LogP contribution in [0.1, 0.15) is 15.9 Å². The van der Waals surface area contributed by atoms with E-state index in [2.05, 4.69) is 4.72 Å². The molecule has 3 aromatic rings. The number of benzene rings is 3.